The molecule has 0 aromatic carbocycles. The summed E-state index contributed by atoms with van der Waals surface area (Å²) >= 11 is 0. The van der Waals surface area contributed by atoms with Gasteiger partial charge in [0.25, 0.3) is 0 Å². The van der Waals surface area contributed by atoms with Crippen molar-refractivity contribution >= 4 is 0 Å². The molecule has 0 aromatic heterocycles. The van der Waals surface area contributed by atoms with Gasteiger partial charge in [-0.3, -0.25) is 0 Å². The van der Waals surface area contributed by atoms with Gasteiger partial charge in [0.1, 0.15) is 0 Å². The standard InChI is InChI=1S/C8H18.Ti/c1-7(2)6-8(3,4)5;/h7H,6H2,1-5H3;. The van der Waals surface area contributed by atoms with Crippen LogP contribution in [0, 0.1) is 11.3 Å². The molecule has 0 aliphatic heterocycles. The molecule has 1 heteroatoms. The number of hydrogen-bond acceptors (Lipinski definition) is 0. The fourth-order valence-electron chi connectivity index (χ4n) is 1.22. The van der Waals surface area contributed by atoms with Crippen LogP contribution in [0.5, 0.6) is 0 Å². The van der Waals surface area contributed by atoms with Crippen molar-refractivity contribution in [1.29, 1.82) is 0 Å². The van der Waals surface area contributed by atoms with Crippen LogP contribution in [0.15, 0.2) is 0 Å². The Balaban J connectivity index is 0. The van der Waals surface area contributed by atoms with Gasteiger partial charge in [0.05, 0.1) is 0 Å². The molecular weight excluding hydrogens is 144 g/mol. The summed E-state index contributed by atoms with van der Waals surface area (Å²) in [4.78, 5) is 0. The molecule has 0 aliphatic rings. The quantitative estimate of drug-likeness (QED) is 0.519. The van der Waals surface area contributed by atoms with Crippen molar-refractivity contribution in [2.24, 2.45) is 11.3 Å². The van der Waals surface area contributed by atoms with E-state index < -0.39 is 0 Å². The molecule has 0 N–H and O–H groups in total. The third-order valence-electron chi connectivity index (χ3n) is 1.02. The van der Waals surface area contributed by atoms with Gasteiger partial charge in [0.15, 0.2) is 0 Å². The van der Waals surface area contributed by atoms with Crippen molar-refractivity contribution in [3.63, 3.8) is 0 Å². The molecule has 0 fully saturated rings. The van der Waals surface area contributed by atoms with Crippen LogP contribution in [0.3, 0.4) is 0 Å². The van der Waals surface area contributed by atoms with E-state index >= 15 is 0 Å². The maximum atomic E-state index is 2.28. The van der Waals surface area contributed by atoms with E-state index in [4.69, 9.17) is 0 Å². The smallest absolute Gasteiger partial charge is 0 e. The van der Waals surface area contributed by atoms with Crippen LogP contribution < -0.4 is 0 Å². The molecule has 0 spiro atoms. The van der Waals surface area contributed by atoms with E-state index in [1.54, 1.807) is 0 Å². The minimum absolute atomic E-state index is 0. The summed E-state index contributed by atoms with van der Waals surface area (Å²) in [6, 6.07) is 0. The van der Waals surface area contributed by atoms with Crippen molar-refractivity contribution in [2.45, 2.75) is 41.0 Å². The Morgan fingerprint density at radius 2 is 1.44 bits per heavy atom. The fraction of sp³-hybridized carbons (Fsp3) is 1.00. The van der Waals surface area contributed by atoms with Gasteiger partial charge in [-0.1, -0.05) is 34.6 Å². The van der Waals surface area contributed by atoms with Crippen LogP contribution in [-0.4, -0.2) is 0 Å². The molecule has 0 rings (SSSR count). The zero-order valence-electron chi connectivity index (χ0n) is 7.28. The summed E-state index contributed by atoms with van der Waals surface area (Å²) < 4.78 is 0. The Morgan fingerprint density at radius 3 is 1.44 bits per heavy atom. The molecule has 0 bridgehead atoms. The summed E-state index contributed by atoms with van der Waals surface area (Å²) in [5, 5.41) is 0. The van der Waals surface area contributed by atoms with Crippen LogP contribution >= 0.6 is 0 Å². The molecule has 0 nitrogen and oxygen atoms in total. The molecule has 0 saturated heterocycles. The Kier molecular flexibility index (Phi) is 6.22. The van der Waals surface area contributed by atoms with Gasteiger partial charge in [-0.25, -0.2) is 0 Å². The first-order valence-electron chi connectivity index (χ1n) is 3.42. The van der Waals surface area contributed by atoms with Crippen LogP contribution in [0.2, 0.25) is 0 Å². The Morgan fingerprint density at radius 1 is 1.11 bits per heavy atom. The zero-order valence-corrected chi connectivity index (χ0v) is 8.85. The van der Waals surface area contributed by atoms with E-state index in [2.05, 4.69) is 34.6 Å². The van der Waals surface area contributed by atoms with E-state index in [0.29, 0.717) is 5.41 Å². The van der Waals surface area contributed by atoms with Gasteiger partial charge in [-0.15, -0.1) is 0 Å². The average Bonchev–Trinajstić information content (AvgIpc) is 1.21. The third kappa shape index (κ3) is 12.0. The minimum atomic E-state index is 0. The van der Waals surface area contributed by atoms with Gasteiger partial charge in [-0.2, -0.15) is 0 Å². The summed E-state index contributed by atoms with van der Waals surface area (Å²) in [5.74, 6) is 0.843. The normalized spacial score (nSPS) is 11.3. The topological polar surface area (TPSA) is 0 Å². The predicted octanol–water partition coefficient (Wildman–Crippen LogP) is 3.08. The molecule has 54 valence electrons. The molecule has 0 radical (unpaired) electrons. The molecule has 0 aliphatic carbocycles. The summed E-state index contributed by atoms with van der Waals surface area (Å²) in [7, 11) is 0. The molecule has 9 heavy (non-hydrogen) atoms. The van der Waals surface area contributed by atoms with E-state index in [-0.39, 0.29) is 21.7 Å². The first kappa shape index (κ1) is 12.4. The van der Waals surface area contributed by atoms with Gasteiger partial charge in [0, 0.05) is 21.7 Å². The second-order valence-electron chi connectivity index (χ2n) is 4.16. The van der Waals surface area contributed by atoms with Crippen molar-refractivity contribution in [1.82, 2.24) is 0 Å². The van der Waals surface area contributed by atoms with Crippen molar-refractivity contribution in [3.05, 3.63) is 0 Å². The fourth-order valence-corrected chi connectivity index (χ4v) is 1.22. The monoisotopic (exact) mass is 162 g/mol. The summed E-state index contributed by atoms with van der Waals surface area (Å²) in [6.45, 7) is 11.4. The number of hydrogen-bond donors (Lipinski definition) is 0. The van der Waals surface area contributed by atoms with Crippen LogP contribution in [0.25, 0.3) is 0 Å². The largest absolute Gasteiger partial charge is 0.0628 e. The number of rotatable bonds is 1. The van der Waals surface area contributed by atoms with E-state index in [1.165, 1.54) is 6.42 Å². The summed E-state index contributed by atoms with van der Waals surface area (Å²) in [6.07, 6.45) is 1.33. The molecule has 0 saturated carbocycles. The van der Waals surface area contributed by atoms with Gasteiger partial charge in [-0.05, 0) is 17.8 Å². The SMILES string of the molecule is CC(C)CC(C)(C)C.[Ti]. The summed E-state index contributed by atoms with van der Waals surface area (Å²) in [5.41, 5.74) is 0.522. The molecule has 0 aromatic rings. The maximum Gasteiger partial charge on any atom is 0 e. The molecule has 0 atom stereocenters. The average molecular weight is 162 g/mol. The van der Waals surface area contributed by atoms with Crippen LogP contribution in [0.1, 0.15) is 41.0 Å². The first-order valence-corrected chi connectivity index (χ1v) is 3.42. The molecule has 0 unspecified atom stereocenters. The first-order chi connectivity index (χ1) is 3.42. The van der Waals surface area contributed by atoms with Gasteiger partial charge >= 0.3 is 0 Å². The Hall–Kier alpha value is 0.714. The van der Waals surface area contributed by atoms with Crippen LogP contribution in [0.4, 0.5) is 0 Å². The van der Waals surface area contributed by atoms with E-state index in [0.717, 1.165) is 5.92 Å². The second-order valence-corrected chi connectivity index (χ2v) is 4.16. The minimum Gasteiger partial charge on any atom is -0.0628 e. The van der Waals surface area contributed by atoms with Crippen LogP contribution in [-0.2, 0) is 21.7 Å². The van der Waals surface area contributed by atoms with Crippen molar-refractivity contribution in [2.75, 3.05) is 0 Å². The van der Waals surface area contributed by atoms with E-state index in [9.17, 15) is 0 Å². The van der Waals surface area contributed by atoms with Gasteiger partial charge < -0.3 is 0 Å². The molecular formula is C8H18Ti. The maximum absolute atomic E-state index is 2.28. The van der Waals surface area contributed by atoms with Crippen molar-refractivity contribution in [3.8, 4) is 0 Å². The van der Waals surface area contributed by atoms with E-state index in [1.807, 2.05) is 0 Å². The molecule has 0 amide bonds. The Bertz CT molecular complexity index is 59.5. The van der Waals surface area contributed by atoms with Gasteiger partial charge in [0.2, 0.25) is 0 Å². The molecule has 0 heterocycles. The predicted molar refractivity (Wildman–Crippen MR) is 38.9 cm³/mol. The second kappa shape index (κ2) is 4.52. The zero-order chi connectivity index (χ0) is 6.78. The third-order valence-corrected chi connectivity index (χ3v) is 1.02. The van der Waals surface area contributed by atoms with Crippen molar-refractivity contribution < 1.29 is 21.7 Å². The Labute approximate surface area is 74.3 Å².